The zero-order chi connectivity index (χ0) is 63.6. The van der Waals surface area contributed by atoms with Gasteiger partial charge >= 0.3 is 11.9 Å². The first-order valence-electron chi connectivity index (χ1n) is 34.2. The van der Waals surface area contributed by atoms with Crippen LogP contribution in [0, 0.1) is 71.0 Å². The molecule has 24 atom stereocenters. The highest BCUT2D eigenvalue weighted by Gasteiger charge is 2.73. The number of benzene rings is 1. The Morgan fingerprint density at radius 2 is 1.18 bits per heavy atom. The number of nitrogens with one attached hydrogen (secondary N) is 1. The minimum Gasteiger partial charge on any atom is -0.435 e. The lowest BCUT2D eigenvalue weighted by atomic mass is 9.57. The van der Waals surface area contributed by atoms with Gasteiger partial charge in [0.2, 0.25) is 29.9 Å². The standard InChI is InChI=1S/C20H30O7.C18H26ClN3.C16H26O4.C15H22O5/c1-11-5-7-15-13(3)17(23-16(22)8-6-12(2)21)24-18-20(15)14(11)9-10-19(4,25-18)26-27-20;1-4-22(5-2)12-6-7-14(3)21-17-10-11-20-18-13-15(19)8-9-16(17)18;1-9-5-6-13-10(2)11(3)17-14-16(13)12(9)7-8-15(4,18-14)19-20-16;1-8-4-5-11-9(2)12(16)17-13-15(11)10(8)6-7-14(3,18-13)19-20-15/h11,13-15,17-18H,5-10H2,1-4H3;8-11,13-14H,4-7,12H2,1-3H3,(H,20,21);9-14H,5-8H2,1-4H3;8-11,13H,4-7H2,1-3H3/t11-,13-,14+,15+,17-,18-,19+,20-;;9-,10+,11?,12+,13+,14-,15+,16-;8-,9-,10+,11+,13-,14+,15-/m1.11/s1. The van der Waals surface area contributed by atoms with Gasteiger partial charge in [0.25, 0.3) is 0 Å². The molecule has 12 saturated heterocycles. The number of aromatic nitrogens is 1. The Labute approximate surface area is 533 Å². The third-order valence-electron chi connectivity index (χ3n) is 23.6. The van der Waals surface area contributed by atoms with Gasteiger partial charge in [0.15, 0.2) is 29.4 Å². The van der Waals surface area contributed by atoms with Crippen molar-refractivity contribution in [3.8, 4) is 0 Å². The van der Waals surface area contributed by atoms with E-state index in [2.05, 4.69) is 70.6 Å². The van der Waals surface area contributed by atoms with Crippen molar-refractivity contribution in [3.63, 3.8) is 0 Å². The maximum atomic E-state index is 12.2. The molecular formula is C69H104ClN3O16. The number of carbonyl (C=O) groups is 3. The average molecular weight is 1270 g/mol. The maximum Gasteiger partial charge on any atom is 0.311 e. The second kappa shape index (κ2) is 26.6. The lowest BCUT2D eigenvalue weighted by Crippen LogP contribution is -2.70. The highest BCUT2D eigenvalue weighted by Crippen LogP contribution is 2.63. The first-order valence-corrected chi connectivity index (χ1v) is 34.6. The van der Waals surface area contributed by atoms with Crippen LogP contribution in [0.1, 0.15) is 200 Å². The summed E-state index contributed by atoms with van der Waals surface area (Å²) in [6.07, 6.45) is 14.5. The fourth-order valence-electron chi connectivity index (χ4n) is 18.1. The number of halogens is 1. The van der Waals surface area contributed by atoms with E-state index in [4.69, 9.17) is 74.1 Å². The summed E-state index contributed by atoms with van der Waals surface area (Å²) >= 11 is 6.04. The molecule has 1 aromatic carbocycles. The molecular weight excluding hydrogens is 1160 g/mol. The first kappa shape index (κ1) is 67.3. The minimum absolute atomic E-state index is 0.0319. The smallest absolute Gasteiger partial charge is 0.311 e. The van der Waals surface area contributed by atoms with Gasteiger partial charge in [-0.1, -0.05) is 67.0 Å². The Kier molecular flexibility index (Phi) is 20.1. The summed E-state index contributed by atoms with van der Waals surface area (Å²) < 4.78 is 42.1. The number of carbonyl (C=O) groups excluding carboxylic acids is 3. The van der Waals surface area contributed by atoms with E-state index in [1.165, 1.54) is 32.7 Å². The van der Waals surface area contributed by atoms with Crippen LogP contribution in [0.15, 0.2) is 30.5 Å². The number of ketones is 1. The second-order valence-corrected chi connectivity index (χ2v) is 29.9. The number of rotatable bonds is 12. The predicted octanol–water partition coefficient (Wildman–Crippen LogP) is 13.6. The van der Waals surface area contributed by atoms with E-state index < -0.39 is 53.4 Å². The summed E-state index contributed by atoms with van der Waals surface area (Å²) in [4.78, 5) is 77.5. The first-order chi connectivity index (χ1) is 42.3. The van der Waals surface area contributed by atoms with Gasteiger partial charge in [-0.25, -0.2) is 29.3 Å². The van der Waals surface area contributed by atoms with Crippen molar-refractivity contribution in [1.29, 1.82) is 0 Å². The van der Waals surface area contributed by atoms with Crippen LogP contribution in [-0.4, -0.2) is 119 Å². The number of hydrogen-bond acceptors (Lipinski definition) is 19. The molecule has 89 heavy (non-hydrogen) atoms. The Balaban J connectivity index is 0.000000123. The van der Waals surface area contributed by atoms with Gasteiger partial charge in [-0.2, -0.15) is 0 Å². The maximum absolute atomic E-state index is 12.2. The number of ether oxygens (including phenoxy) is 7. The van der Waals surface area contributed by atoms with Crippen molar-refractivity contribution in [2.75, 3.05) is 25.0 Å². The van der Waals surface area contributed by atoms with Crippen molar-refractivity contribution < 1.29 is 76.9 Å². The molecule has 20 heteroatoms. The molecule has 2 aromatic rings. The minimum atomic E-state index is -0.846. The van der Waals surface area contributed by atoms with Crippen LogP contribution in [0.25, 0.3) is 10.9 Å². The van der Waals surface area contributed by atoms with E-state index in [0.717, 1.165) is 105 Å². The number of fused-ring (bicyclic) bond motifs is 7. The number of anilines is 1. The molecule has 0 radical (unpaired) electrons. The van der Waals surface area contributed by atoms with Crippen molar-refractivity contribution in [1.82, 2.24) is 9.88 Å². The van der Waals surface area contributed by atoms with Crippen LogP contribution in [-0.2, 0) is 76.9 Å². The molecule has 1 aromatic heterocycles. The summed E-state index contributed by atoms with van der Waals surface area (Å²) in [5.41, 5.74) is 0.417. The summed E-state index contributed by atoms with van der Waals surface area (Å²) in [6, 6.07) is 8.35. The molecule has 1 N–H and O–H groups in total. The normalized spacial score (nSPS) is 44.7. The van der Waals surface area contributed by atoms with E-state index in [-0.39, 0.29) is 72.2 Å². The molecule has 13 heterocycles. The molecule has 2 unspecified atom stereocenters. The van der Waals surface area contributed by atoms with Crippen LogP contribution in [0.3, 0.4) is 0 Å². The van der Waals surface area contributed by atoms with Crippen LogP contribution < -0.4 is 5.32 Å². The Morgan fingerprint density at radius 3 is 1.73 bits per heavy atom. The van der Waals surface area contributed by atoms with Crippen molar-refractivity contribution >= 4 is 45.9 Å². The summed E-state index contributed by atoms with van der Waals surface area (Å²) in [5.74, 6) is 0.840. The van der Waals surface area contributed by atoms with Crippen LogP contribution in [0.4, 0.5) is 5.69 Å². The van der Waals surface area contributed by atoms with Gasteiger partial charge in [-0.3, -0.25) is 14.6 Å². The van der Waals surface area contributed by atoms with Crippen molar-refractivity contribution in [2.24, 2.45) is 71.0 Å². The zero-order valence-electron chi connectivity index (χ0n) is 55.5. The monoisotopic (exact) mass is 1270 g/mol. The van der Waals surface area contributed by atoms with E-state index >= 15 is 0 Å². The fourth-order valence-corrected chi connectivity index (χ4v) is 18.2. The largest absolute Gasteiger partial charge is 0.435 e. The molecule has 19 nitrogen and oxygen atoms in total. The second-order valence-electron chi connectivity index (χ2n) is 29.4. The summed E-state index contributed by atoms with van der Waals surface area (Å²) in [5, 5.41) is 5.47. The third-order valence-corrected chi connectivity index (χ3v) is 23.8. The summed E-state index contributed by atoms with van der Waals surface area (Å²) in [7, 11) is 0. The number of Topliss-reactive ketones (excluding diaryl/α,β-unsaturated/α-hetero) is 1. The van der Waals surface area contributed by atoms with E-state index in [1.54, 1.807) is 0 Å². The Bertz CT molecular complexity index is 2830. The molecule has 3 aliphatic carbocycles. The lowest BCUT2D eigenvalue weighted by molar-refractivity contribution is -0.576. The van der Waals surface area contributed by atoms with Gasteiger partial charge in [0, 0.05) is 83.6 Å². The van der Waals surface area contributed by atoms with Crippen LogP contribution in [0.5, 0.6) is 0 Å². The van der Waals surface area contributed by atoms with Crippen LogP contribution in [0.2, 0.25) is 5.02 Å². The quantitative estimate of drug-likeness (QED) is 0.155. The third kappa shape index (κ3) is 12.7. The molecule has 3 saturated carbocycles. The fraction of sp³-hybridized carbons (Fsp3) is 0.826. The molecule has 6 bridgehead atoms. The number of hydrogen-bond donors (Lipinski definition) is 1. The van der Waals surface area contributed by atoms with Gasteiger partial charge in [-0.05, 0) is 192 Å². The molecule has 17 rings (SSSR count). The van der Waals surface area contributed by atoms with Crippen molar-refractivity contribution in [3.05, 3.63) is 35.5 Å². The van der Waals surface area contributed by atoms with Gasteiger partial charge in [0.1, 0.15) is 5.78 Å². The van der Waals surface area contributed by atoms with E-state index in [0.29, 0.717) is 47.5 Å². The molecule has 15 aliphatic rings. The summed E-state index contributed by atoms with van der Waals surface area (Å²) in [6.45, 7) is 32.6. The molecule has 3 spiro atoms. The Hall–Kier alpha value is -3.15. The molecule has 15 fully saturated rings. The van der Waals surface area contributed by atoms with Gasteiger partial charge in [0.05, 0.1) is 24.0 Å². The predicted molar refractivity (Wildman–Crippen MR) is 330 cm³/mol. The van der Waals surface area contributed by atoms with E-state index in [9.17, 15) is 14.4 Å². The lowest BCUT2D eigenvalue weighted by Gasteiger charge is -2.60. The average Bonchev–Trinajstić information content (AvgIpc) is 1.72. The molecule has 0 amide bonds. The number of pyridine rings is 1. The van der Waals surface area contributed by atoms with Crippen molar-refractivity contribution in [2.45, 2.75) is 271 Å². The van der Waals surface area contributed by atoms with Gasteiger partial charge in [-0.15, -0.1) is 0 Å². The van der Waals surface area contributed by atoms with Gasteiger partial charge < -0.3 is 48.2 Å². The number of esters is 2. The topological polar surface area (TPSA) is 199 Å². The SMILES string of the molecule is CC(=O)CCC(=O)O[C@@H]1O[C@@H]2O[C@]3(C)CC[C@H]4[C@H](C)CC[C@@H]([C@H]1C)[C@@]24OO3.CC1O[C@@H]2O[C@]3(C)CC[C@H]4[C@H](C)CC[C@@H]([C@H]1C)[C@@]24OO3.CCN(CC)CCCC(C)Nc1ccnc2cc(Cl)ccc12.C[C@@H]1CC[C@H]2[C@@H](C)C(=O)O[C@@H]3O[C@]4(C)CC[C@@H]1[C@]32OO4. The molecule has 12 aliphatic heterocycles. The highest BCUT2D eigenvalue weighted by atomic mass is 35.5. The number of nitrogens with zero attached hydrogens (tertiary/aromatic N) is 2. The zero-order valence-corrected chi connectivity index (χ0v) is 56.3. The van der Waals surface area contributed by atoms with E-state index in [1.807, 2.05) is 65.1 Å². The molecule has 498 valence electrons. The van der Waals surface area contributed by atoms with Crippen LogP contribution >= 0.6 is 11.6 Å². The Morgan fingerprint density at radius 1 is 0.663 bits per heavy atom. The highest BCUT2D eigenvalue weighted by molar-refractivity contribution is 6.31.